The van der Waals surface area contributed by atoms with Crippen molar-refractivity contribution in [3.63, 3.8) is 0 Å². The summed E-state index contributed by atoms with van der Waals surface area (Å²) < 4.78 is 20.5. The van der Waals surface area contributed by atoms with Crippen LogP contribution in [0.15, 0.2) is 12.1 Å². The van der Waals surface area contributed by atoms with Crippen molar-refractivity contribution in [1.29, 1.82) is 0 Å². The van der Waals surface area contributed by atoms with Crippen LogP contribution >= 0.6 is 0 Å². The molecule has 128 valence electrons. The van der Waals surface area contributed by atoms with Crippen LogP contribution in [0.25, 0.3) is 0 Å². The number of carbonyl (C=O) groups is 1. The Morgan fingerprint density at radius 1 is 1.13 bits per heavy atom. The van der Waals surface area contributed by atoms with E-state index in [2.05, 4.69) is 5.32 Å². The first kappa shape index (κ1) is 17.3. The highest BCUT2D eigenvalue weighted by atomic mass is 16.7. The highest BCUT2D eigenvalue weighted by Crippen LogP contribution is 2.38. The summed E-state index contributed by atoms with van der Waals surface area (Å²) in [5.41, 5.74) is 0.290. The monoisotopic (exact) mass is 327 g/mol. The van der Waals surface area contributed by atoms with Crippen molar-refractivity contribution in [3.8, 4) is 17.2 Å². The maximum Gasteiger partial charge on any atom is 0.251 e. The van der Waals surface area contributed by atoms with Gasteiger partial charge < -0.3 is 34.5 Å². The molecule has 0 spiro atoms. The summed E-state index contributed by atoms with van der Waals surface area (Å²) in [5, 5.41) is 21.7. The SMILES string of the molecule is COc1cc(C(=O)N[C@H]2CC[C@@H](O)O[C@@H]2O)cc(OC)c1OC. The second-order valence-electron chi connectivity index (χ2n) is 5.05. The minimum Gasteiger partial charge on any atom is -0.493 e. The number of methoxy groups -OCH3 is 3. The van der Waals surface area contributed by atoms with Crippen molar-refractivity contribution in [2.24, 2.45) is 0 Å². The Kier molecular flexibility index (Phi) is 5.64. The Morgan fingerprint density at radius 2 is 1.74 bits per heavy atom. The molecule has 1 fully saturated rings. The van der Waals surface area contributed by atoms with Gasteiger partial charge in [-0.15, -0.1) is 0 Å². The van der Waals surface area contributed by atoms with Gasteiger partial charge in [0.1, 0.15) is 0 Å². The van der Waals surface area contributed by atoms with Crippen LogP contribution in [0.4, 0.5) is 0 Å². The van der Waals surface area contributed by atoms with E-state index in [9.17, 15) is 15.0 Å². The van der Waals surface area contributed by atoms with Crippen molar-refractivity contribution >= 4 is 5.91 Å². The molecular weight excluding hydrogens is 306 g/mol. The Balaban J connectivity index is 2.19. The Hall–Kier alpha value is -2.03. The number of aliphatic hydroxyl groups is 2. The van der Waals surface area contributed by atoms with Crippen LogP contribution < -0.4 is 19.5 Å². The van der Waals surface area contributed by atoms with Crippen LogP contribution in [0.3, 0.4) is 0 Å². The quantitative estimate of drug-likeness (QED) is 0.712. The Labute approximate surface area is 133 Å². The molecule has 3 atom stereocenters. The highest BCUT2D eigenvalue weighted by molar-refractivity contribution is 5.95. The topological polar surface area (TPSA) is 106 Å². The van der Waals surface area contributed by atoms with Gasteiger partial charge in [-0.3, -0.25) is 4.79 Å². The van der Waals surface area contributed by atoms with Gasteiger partial charge in [0, 0.05) is 12.0 Å². The number of carbonyl (C=O) groups excluding carboxylic acids is 1. The zero-order chi connectivity index (χ0) is 17.0. The van der Waals surface area contributed by atoms with Gasteiger partial charge in [0.15, 0.2) is 24.1 Å². The van der Waals surface area contributed by atoms with Crippen molar-refractivity contribution in [2.45, 2.75) is 31.5 Å². The zero-order valence-corrected chi connectivity index (χ0v) is 13.2. The minimum atomic E-state index is -1.26. The number of aliphatic hydroxyl groups excluding tert-OH is 2. The number of hydrogen-bond acceptors (Lipinski definition) is 7. The molecule has 1 aliphatic rings. The van der Waals surface area contributed by atoms with Crippen LogP contribution in [0.5, 0.6) is 17.2 Å². The summed E-state index contributed by atoms with van der Waals surface area (Å²) in [6.45, 7) is 0. The van der Waals surface area contributed by atoms with Gasteiger partial charge in [0.05, 0.1) is 27.4 Å². The van der Waals surface area contributed by atoms with Gasteiger partial charge in [0.25, 0.3) is 5.91 Å². The Bertz CT molecular complexity index is 538. The molecule has 1 heterocycles. The molecule has 0 radical (unpaired) electrons. The summed E-state index contributed by atoms with van der Waals surface area (Å²) in [5.74, 6) is 0.671. The van der Waals surface area contributed by atoms with Gasteiger partial charge in [0.2, 0.25) is 5.75 Å². The highest BCUT2D eigenvalue weighted by Gasteiger charge is 2.30. The average molecular weight is 327 g/mol. The maximum atomic E-state index is 12.4. The lowest BCUT2D eigenvalue weighted by Crippen LogP contribution is -2.49. The average Bonchev–Trinajstić information content (AvgIpc) is 2.55. The van der Waals surface area contributed by atoms with Crippen LogP contribution in [0, 0.1) is 0 Å². The maximum absolute atomic E-state index is 12.4. The zero-order valence-electron chi connectivity index (χ0n) is 13.2. The van der Waals surface area contributed by atoms with E-state index in [4.69, 9.17) is 18.9 Å². The van der Waals surface area contributed by atoms with E-state index in [1.54, 1.807) is 0 Å². The lowest BCUT2D eigenvalue weighted by Gasteiger charge is -2.31. The molecule has 0 aliphatic carbocycles. The van der Waals surface area contributed by atoms with E-state index < -0.39 is 24.5 Å². The number of hydrogen-bond donors (Lipinski definition) is 3. The largest absolute Gasteiger partial charge is 0.493 e. The van der Waals surface area contributed by atoms with E-state index in [1.807, 2.05) is 0 Å². The fourth-order valence-electron chi connectivity index (χ4n) is 2.40. The van der Waals surface area contributed by atoms with E-state index >= 15 is 0 Å². The van der Waals surface area contributed by atoms with Crippen LogP contribution in [0.1, 0.15) is 23.2 Å². The van der Waals surface area contributed by atoms with Crippen LogP contribution in [-0.4, -0.2) is 56.1 Å². The lowest BCUT2D eigenvalue weighted by atomic mass is 10.1. The molecule has 0 unspecified atom stereocenters. The standard InChI is InChI=1S/C15H21NO7/c1-20-10-6-8(7-11(21-2)13(10)22-3)14(18)16-9-4-5-12(17)23-15(9)19/h6-7,9,12,15,17,19H,4-5H2,1-3H3,(H,16,18)/t9-,12-,15-/m0/s1. The summed E-state index contributed by atoms with van der Waals surface area (Å²) in [6.07, 6.45) is -1.54. The number of rotatable bonds is 5. The van der Waals surface area contributed by atoms with Gasteiger partial charge in [-0.05, 0) is 18.6 Å². The van der Waals surface area contributed by atoms with Crippen molar-refractivity contribution in [2.75, 3.05) is 21.3 Å². The second-order valence-corrected chi connectivity index (χ2v) is 5.05. The van der Waals surface area contributed by atoms with Gasteiger partial charge in [-0.25, -0.2) is 0 Å². The van der Waals surface area contributed by atoms with Gasteiger partial charge >= 0.3 is 0 Å². The molecule has 3 N–H and O–H groups in total. The number of ether oxygens (including phenoxy) is 4. The first-order chi connectivity index (χ1) is 11.0. The molecule has 1 saturated heterocycles. The number of nitrogens with one attached hydrogen (secondary N) is 1. The summed E-state index contributed by atoms with van der Waals surface area (Å²) >= 11 is 0. The molecule has 8 nitrogen and oxygen atoms in total. The van der Waals surface area contributed by atoms with Crippen molar-refractivity contribution in [1.82, 2.24) is 5.32 Å². The number of benzene rings is 1. The van der Waals surface area contributed by atoms with E-state index in [-0.39, 0.29) is 5.56 Å². The molecule has 0 saturated carbocycles. The molecule has 0 bridgehead atoms. The van der Waals surface area contributed by atoms with Crippen molar-refractivity contribution in [3.05, 3.63) is 17.7 Å². The minimum absolute atomic E-state index is 0.290. The first-order valence-electron chi connectivity index (χ1n) is 7.12. The van der Waals surface area contributed by atoms with E-state index in [1.165, 1.54) is 33.5 Å². The third-order valence-corrected chi connectivity index (χ3v) is 3.61. The van der Waals surface area contributed by atoms with Crippen LogP contribution in [0.2, 0.25) is 0 Å². The van der Waals surface area contributed by atoms with Gasteiger partial charge in [-0.2, -0.15) is 0 Å². The van der Waals surface area contributed by atoms with E-state index in [0.29, 0.717) is 30.1 Å². The Morgan fingerprint density at radius 3 is 2.22 bits per heavy atom. The molecule has 2 rings (SSSR count). The van der Waals surface area contributed by atoms with Crippen LogP contribution in [-0.2, 0) is 4.74 Å². The third kappa shape index (κ3) is 3.84. The summed E-state index contributed by atoms with van der Waals surface area (Å²) in [7, 11) is 4.39. The normalized spacial score (nSPS) is 24.0. The molecule has 1 aromatic rings. The fraction of sp³-hybridized carbons (Fsp3) is 0.533. The van der Waals surface area contributed by atoms with Gasteiger partial charge in [-0.1, -0.05) is 0 Å². The number of amides is 1. The predicted molar refractivity (Wildman–Crippen MR) is 79.7 cm³/mol. The molecule has 8 heteroatoms. The summed E-state index contributed by atoms with van der Waals surface area (Å²) in [6, 6.07) is 2.42. The summed E-state index contributed by atoms with van der Waals surface area (Å²) in [4.78, 5) is 12.4. The van der Waals surface area contributed by atoms with Crippen molar-refractivity contribution < 1.29 is 34.0 Å². The van der Waals surface area contributed by atoms with E-state index in [0.717, 1.165) is 0 Å². The molecule has 1 aliphatic heterocycles. The molecule has 23 heavy (non-hydrogen) atoms. The smallest absolute Gasteiger partial charge is 0.251 e. The fourth-order valence-corrected chi connectivity index (χ4v) is 2.40. The second kappa shape index (κ2) is 7.49. The molecule has 0 aromatic heterocycles. The first-order valence-corrected chi connectivity index (χ1v) is 7.12. The predicted octanol–water partition coefficient (Wildman–Crippen LogP) is 0.258. The molecule has 1 aromatic carbocycles. The molecular formula is C15H21NO7. The lowest BCUT2D eigenvalue weighted by molar-refractivity contribution is -0.241. The third-order valence-electron chi connectivity index (χ3n) is 3.61. The molecule has 1 amide bonds.